The molecule has 0 saturated carbocycles. The maximum Gasteiger partial charge on any atom is 0.122 e. The summed E-state index contributed by atoms with van der Waals surface area (Å²) < 4.78 is 2.33. The third-order valence-electron chi connectivity index (χ3n) is 5.76. The molecule has 1 aromatic heterocycles. The smallest absolute Gasteiger partial charge is 0.122 e. The lowest BCUT2D eigenvalue weighted by molar-refractivity contribution is 0.123. The maximum atomic E-state index is 4.62. The van der Waals surface area contributed by atoms with Crippen LogP contribution in [0, 0.1) is 5.92 Å². The standard InChI is InChI=1S/C21H30N4/c1-2-11-24-12-10-22-21(24)17-23-13-19-8-9-20(16-23)25(15-19)14-18-6-4-3-5-7-18/h3-7,10,12,19-20H,2,8-9,11,13-17H2,1H3. The summed E-state index contributed by atoms with van der Waals surface area (Å²) in [6, 6.07) is 11.6. The number of nitrogens with zero attached hydrogens (tertiary/aromatic N) is 4. The Bertz CT molecular complexity index is 666. The Morgan fingerprint density at radius 2 is 1.92 bits per heavy atom. The van der Waals surface area contributed by atoms with Crippen molar-refractivity contribution in [2.45, 2.75) is 51.9 Å². The third-order valence-corrected chi connectivity index (χ3v) is 5.76. The van der Waals surface area contributed by atoms with E-state index in [-0.39, 0.29) is 0 Å². The summed E-state index contributed by atoms with van der Waals surface area (Å²) in [6.45, 7) is 9.07. The second-order valence-electron chi connectivity index (χ2n) is 7.74. The van der Waals surface area contributed by atoms with Crippen LogP contribution in [0.2, 0.25) is 0 Å². The molecule has 3 aliphatic heterocycles. The van der Waals surface area contributed by atoms with Gasteiger partial charge in [0, 0.05) is 51.2 Å². The molecule has 4 heterocycles. The Hall–Kier alpha value is -1.65. The van der Waals surface area contributed by atoms with E-state index in [2.05, 4.69) is 62.8 Å². The number of imidazole rings is 1. The summed E-state index contributed by atoms with van der Waals surface area (Å²) in [5.74, 6) is 2.04. The SMILES string of the molecule is CCCn1ccnc1CN1CC2CCC(C1)N(Cc1ccccc1)C2. The van der Waals surface area contributed by atoms with E-state index in [0.717, 1.165) is 25.6 Å². The van der Waals surface area contributed by atoms with Gasteiger partial charge in [0.2, 0.25) is 0 Å². The highest BCUT2D eigenvalue weighted by molar-refractivity contribution is 5.15. The second-order valence-corrected chi connectivity index (χ2v) is 7.74. The van der Waals surface area contributed by atoms with Crippen molar-refractivity contribution in [3.8, 4) is 0 Å². The van der Waals surface area contributed by atoms with Gasteiger partial charge < -0.3 is 4.57 Å². The van der Waals surface area contributed by atoms with Crippen LogP contribution in [0.5, 0.6) is 0 Å². The third kappa shape index (κ3) is 3.96. The Kier molecular flexibility index (Phi) is 5.18. The Morgan fingerprint density at radius 1 is 1.04 bits per heavy atom. The molecule has 4 nitrogen and oxygen atoms in total. The first kappa shape index (κ1) is 16.8. The summed E-state index contributed by atoms with van der Waals surface area (Å²) in [7, 11) is 0. The molecule has 2 aromatic rings. The molecule has 0 aliphatic carbocycles. The summed E-state index contributed by atoms with van der Waals surface area (Å²) >= 11 is 0. The average molecular weight is 338 g/mol. The van der Waals surface area contributed by atoms with Crippen LogP contribution in [-0.4, -0.2) is 45.0 Å². The Balaban J connectivity index is 1.43. The monoisotopic (exact) mass is 338 g/mol. The quantitative estimate of drug-likeness (QED) is 0.807. The summed E-state index contributed by atoms with van der Waals surface area (Å²) in [5.41, 5.74) is 1.44. The predicted octanol–water partition coefficient (Wildman–Crippen LogP) is 3.39. The van der Waals surface area contributed by atoms with Gasteiger partial charge in [-0.15, -0.1) is 0 Å². The van der Waals surface area contributed by atoms with Gasteiger partial charge in [0.05, 0.1) is 6.54 Å². The van der Waals surface area contributed by atoms with Crippen LogP contribution in [0.15, 0.2) is 42.7 Å². The van der Waals surface area contributed by atoms with E-state index in [9.17, 15) is 0 Å². The van der Waals surface area contributed by atoms with Gasteiger partial charge in [-0.3, -0.25) is 9.80 Å². The molecular weight excluding hydrogens is 308 g/mol. The molecule has 3 aliphatic rings. The molecular formula is C21H30N4. The molecule has 0 N–H and O–H groups in total. The molecule has 2 bridgehead atoms. The topological polar surface area (TPSA) is 24.3 Å². The van der Waals surface area contributed by atoms with Crippen LogP contribution in [0.1, 0.15) is 37.6 Å². The number of piperidine rings is 1. The van der Waals surface area contributed by atoms with E-state index < -0.39 is 0 Å². The lowest BCUT2D eigenvalue weighted by Gasteiger charge is -2.36. The summed E-state index contributed by atoms with van der Waals surface area (Å²) in [6.07, 6.45) is 7.98. The fourth-order valence-electron chi connectivity index (χ4n) is 4.55. The van der Waals surface area contributed by atoms with Gasteiger partial charge in [0.15, 0.2) is 0 Å². The summed E-state index contributed by atoms with van der Waals surface area (Å²) in [5, 5.41) is 0. The largest absolute Gasteiger partial charge is 0.334 e. The van der Waals surface area contributed by atoms with Crippen molar-refractivity contribution in [3.05, 3.63) is 54.1 Å². The highest BCUT2D eigenvalue weighted by atomic mass is 15.3. The van der Waals surface area contributed by atoms with Crippen molar-refractivity contribution < 1.29 is 0 Å². The fraction of sp³-hybridized carbons (Fsp3) is 0.571. The van der Waals surface area contributed by atoms with Gasteiger partial charge in [0.25, 0.3) is 0 Å². The van der Waals surface area contributed by atoms with Crippen molar-refractivity contribution in [1.29, 1.82) is 0 Å². The van der Waals surface area contributed by atoms with Crippen LogP contribution in [0.3, 0.4) is 0 Å². The van der Waals surface area contributed by atoms with Crippen molar-refractivity contribution in [2.75, 3.05) is 19.6 Å². The molecule has 134 valence electrons. The minimum absolute atomic E-state index is 0.688. The molecule has 0 radical (unpaired) electrons. The van der Waals surface area contributed by atoms with Crippen molar-refractivity contribution in [3.63, 3.8) is 0 Å². The van der Waals surface area contributed by atoms with Crippen LogP contribution in [0.4, 0.5) is 0 Å². The first-order valence-electron chi connectivity index (χ1n) is 9.82. The number of hydrogen-bond donors (Lipinski definition) is 0. The number of benzene rings is 1. The van der Waals surface area contributed by atoms with E-state index in [4.69, 9.17) is 0 Å². The van der Waals surface area contributed by atoms with Crippen molar-refractivity contribution in [2.24, 2.45) is 5.92 Å². The molecule has 5 rings (SSSR count). The second kappa shape index (κ2) is 7.71. The number of fused-ring (bicyclic) bond motifs is 4. The van der Waals surface area contributed by atoms with Gasteiger partial charge >= 0.3 is 0 Å². The molecule has 4 heteroatoms. The van der Waals surface area contributed by atoms with Gasteiger partial charge in [-0.05, 0) is 30.7 Å². The fourth-order valence-corrected chi connectivity index (χ4v) is 4.55. The zero-order valence-corrected chi connectivity index (χ0v) is 15.3. The van der Waals surface area contributed by atoms with E-state index in [1.54, 1.807) is 0 Å². The minimum Gasteiger partial charge on any atom is -0.334 e. The van der Waals surface area contributed by atoms with E-state index in [1.165, 1.54) is 50.3 Å². The zero-order chi connectivity index (χ0) is 17.1. The molecule has 2 atom stereocenters. The minimum atomic E-state index is 0.688. The predicted molar refractivity (Wildman–Crippen MR) is 101 cm³/mol. The van der Waals surface area contributed by atoms with Crippen LogP contribution in [0.25, 0.3) is 0 Å². The first-order valence-corrected chi connectivity index (χ1v) is 9.82. The highest BCUT2D eigenvalue weighted by Crippen LogP contribution is 2.29. The van der Waals surface area contributed by atoms with E-state index >= 15 is 0 Å². The number of hydrogen-bond acceptors (Lipinski definition) is 3. The number of rotatable bonds is 6. The lowest BCUT2D eigenvalue weighted by Crippen LogP contribution is -2.43. The zero-order valence-electron chi connectivity index (χ0n) is 15.3. The van der Waals surface area contributed by atoms with Crippen molar-refractivity contribution >= 4 is 0 Å². The molecule has 25 heavy (non-hydrogen) atoms. The van der Waals surface area contributed by atoms with Gasteiger partial charge in [-0.1, -0.05) is 37.3 Å². The van der Waals surface area contributed by atoms with E-state index in [0.29, 0.717) is 6.04 Å². The molecule has 0 amide bonds. The number of aryl methyl sites for hydroxylation is 1. The molecule has 0 spiro atoms. The molecule has 1 aromatic carbocycles. The van der Waals surface area contributed by atoms with Gasteiger partial charge in [0.1, 0.15) is 5.82 Å². The lowest BCUT2D eigenvalue weighted by atomic mass is 9.94. The van der Waals surface area contributed by atoms with Crippen LogP contribution < -0.4 is 0 Å². The first-order chi connectivity index (χ1) is 12.3. The Labute approximate surface area is 151 Å². The van der Waals surface area contributed by atoms with Gasteiger partial charge in [-0.25, -0.2) is 4.98 Å². The molecule has 3 fully saturated rings. The normalized spacial score (nSPS) is 24.5. The average Bonchev–Trinajstić information content (AvgIpc) is 2.87. The highest BCUT2D eigenvalue weighted by Gasteiger charge is 2.34. The Morgan fingerprint density at radius 3 is 2.76 bits per heavy atom. The van der Waals surface area contributed by atoms with Gasteiger partial charge in [-0.2, -0.15) is 0 Å². The molecule has 2 unspecified atom stereocenters. The van der Waals surface area contributed by atoms with E-state index in [1.807, 2.05) is 6.20 Å². The van der Waals surface area contributed by atoms with Crippen LogP contribution in [-0.2, 0) is 19.6 Å². The molecule has 3 saturated heterocycles. The maximum absolute atomic E-state index is 4.62. The van der Waals surface area contributed by atoms with Crippen molar-refractivity contribution in [1.82, 2.24) is 19.4 Å². The number of aromatic nitrogens is 2. The summed E-state index contributed by atoms with van der Waals surface area (Å²) in [4.78, 5) is 10.0. The van der Waals surface area contributed by atoms with Crippen LogP contribution >= 0.6 is 0 Å².